The van der Waals surface area contributed by atoms with E-state index in [0.29, 0.717) is 6.54 Å². The Morgan fingerprint density at radius 1 is 1.24 bits per heavy atom. The van der Waals surface area contributed by atoms with Crippen molar-refractivity contribution in [3.63, 3.8) is 0 Å². The van der Waals surface area contributed by atoms with Crippen molar-refractivity contribution in [1.82, 2.24) is 4.98 Å². The molecule has 1 amide bonds. The molecule has 5 nitrogen and oxygen atoms in total. The zero-order valence-electron chi connectivity index (χ0n) is 11.3. The van der Waals surface area contributed by atoms with E-state index in [4.69, 9.17) is 5.11 Å². The van der Waals surface area contributed by atoms with Gasteiger partial charge in [0.2, 0.25) is 0 Å². The predicted octanol–water partition coefficient (Wildman–Crippen LogP) is 2.82. The van der Waals surface area contributed by atoms with Crippen LogP contribution in [0.15, 0.2) is 29.6 Å². The predicted molar refractivity (Wildman–Crippen MR) is 80.1 cm³/mol. The maximum atomic E-state index is 12.6. The number of fused-ring (bicyclic) bond motifs is 1. The van der Waals surface area contributed by atoms with E-state index in [0.717, 1.165) is 41.9 Å². The van der Waals surface area contributed by atoms with Gasteiger partial charge in [0, 0.05) is 17.6 Å². The molecule has 3 rings (SSSR count). The number of para-hydroxylation sites is 1. The van der Waals surface area contributed by atoms with E-state index in [2.05, 4.69) is 4.98 Å². The fourth-order valence-electron chi connectivity index (χ4n) is 2.49. The number of carboxylic acid groups (broad SMARTS) is 1. The van der Waals surface area contributed by atoms with Gasteiger partial charge in [0.1, 0.15) is 0 Å². The fraction of sp³-hybridized carbons (Fsp3) is 0.267. The number of aryl methyl sites for hydroxylation is 1. The van der Waals surface area contributed by atoms with E-state index >= 15 is 0 Å². The summed E-state index contributed by atoms with van der Waals surface area (Å²) in [6.45, 7) is 0.637. The topological polar surface area (TPSA) is 70.5 Å². The van der Waals surface area contributed by atoms with E-state index in [9.17, 15) is 9.59 Å². The van der Waals surface area contributed by atoms with Crippen LogP contribution in [0.3, 0.4) is 0 Å². The van der Waals surface area contributed by atoms with Crippen molar-refractivity contribution in [3.8, 4) is 0 Å². The van der Waals surface area contributed by atoms with Crippen LogP contribution < -0.4 is 4.90 Å². The van der Waals surface area contributed by atoms with Gasteiger partial charge in [-0.3, -0.25) is 4.79 Å². The Hall–Kier alpha value is -2.21. The van der Waals surface area contributed by atoms with Crippen molar-refractivity contribution >= 4 is 28.9 Å². The number of anilines is 1. The SMILES string of the molecule is O=C(O)c1csc(C(=O)N2CCCCc3ccccc32)n1. The van der Waals surface area contributed by atoms with Crippen LogP contribution >= 0.6 is 11.3 Å². The number of thiazole rings is 1. The van der Waals surface area contributed by atoms with Crippen molar-refractivity contribution in [3.05, 3.63) is 45.9 Å². The molecule has 0 aliphatic carbocycles. The number of rotatable bonds is 2. The number of aromatic carboxylic acids is 1. The van der Waals surface area contributed by atoms with Crippen molar-refractivity contribution < 1.29 is 14.7 Å². The second-order valence-corrected chi connectivity index (χ2v) is 5.74. The maximum absolute atomic E-state index is 12.6. The number of carbonyl (C=O) groups is 2. The Morgan fingerprint density at radius 2 is 2.05 bits per heavy atom. The average molecular weight is 302 g/mol. The van der Waals surface area contributed by atoms with E-state index in [-0.39, 0.29) is 16.6 Å². The molecular formula is C15H14N2O3S. The van der Waals surface area contributed by atoms with E-state index < -0.39 is 5.97 Å². The molecule has 1 aromatic carbocycles. The van der Waals surface area contributed by atoms with E-state index in [1.807, 2.05) is 24.3 Å². The molecule has 21 heavy (non-hydrogen) atoms. The molecule has 0 unspecified atom stereocenters. The highest BCUT2D eigenvalue weighted by Crippen LogP contribution is 2.28. The second-order valence-electron chi connectivity index (χ2n) is 4.89. The van der Waals surface area contributed by atoms with Crippen LogP contribution in [0.1, 0.15) is 38.7 Å². The third-order valence-corrected chi connectivity index (χ3v) is 4.34. The normalized spacial score (nSPS) is 14.4. The number of aromatic nitrogens is 1. The van der Waals surface area contributed by atoms with Gasteiger partial charge in [-0.05, 0) is 30.9 Å². The number of carbonyl (C=O) groups excluding carboxylic acids is 1. The number of nitrogens with zero attached hydrogens (tertiary/aromatic N) is 2. The summed E-state index contributed by atoms with van der Waals surface area (Å²) in [6, 6.07) is 7.85. The van der Waals surface area contributed by atoms with Crippen LogP contribution in [0.25, 0.3) is 0 Å². The third-order valence-electron chi connectivity index (χ3n) is 3.51. The molecule has 1 aliphatic rings. The summed E-state index contributed by atoms with van der Waals surface area (Å²) in [5.74, 6) is -1.33. The fourth-order valence-corrected chi connectivity index (χ4v) is 3.23. The minimum atomic E-state index is -1.11. The summed E-state index contributed by atoms with van der Waals surface area (Å²) in [5.41, 5.74) is 1.98. The Labute approximate surface area is 125 Å². The highest BCUT2D eigenvalue weighted by Gasteiger charge is 2.25. The molecule has 0 bridgehead atoms. The van der Waals surface area contributed by atoms with Crippen molar-refractivity contribution in [2.45, 2.75) is 19.3 Å². The standard InChI is InChI=1S/C15H14N2O3S/c18-14(13-16-11(9-21-13)15(19)20)17-8-4-3-6-10-5-1-2-7-12(10)17/h1-2,5,7,9H,3-4,6,8H2,(H,19,20). The van der Waals surface area contributed by atoms with Gasteiger partial charge in [0.25, 0.3) is 5.91 Å². The zero-order chi connectivity index (χ0) is 14.8. The first-order valence-electron chi connectivity index (χ1n) is 6.75. The van der Waals surface area contributed by atoms with Gasteiger partial charge < -0.3 is 10.0 Å². The smallest absolute Gasteiger partial charge is 0.355 e. The quantitative estimate of drug-likeness (QED) is 0.926. The molecule has 0 saturated carbocycles. The van der Waals surface area contributed by atoms with Crippen LogP contribution in [0.5, 0.6) is 0 Å². The van der Waals surface area contributed by atoms with Gasteiger partial charge >= 0.3 is 5.97 Å². The number of hydrogen-bond acceptors (Lipinski definition) is 4. The molecule has 1 N–H and O–H groups in total. The van der Waals surface area contributed by atoms with Gasteiger partial charge in [0.05, 0.1) is 0 Å². The molecule has 1 aromatic heterocycles. The Bertz CT molecular complexity index is 696. The molecule has 1 aliphatic heterocycles. The summed E-state index contributed by atoms with van der Waals surface area (Å²) >= 11 is 1.08. The molecule has 2 aromatic rings. The number of carboxylic acids is 1. The third kappa shape index (κ3) is 2.67. The summed E-state index contributed by atoms with van der Waals surface area (Å²) in [4.78, 5) is 29.1. The molecular weight excluding hydrogens is 288 g/mol. The van der Waals surface area contributed by atoms with Crippen LogP contribution in [0.4, 0.5) is 5.69 Å². The Morgan fingerprint density at radius 3 is 2.81 bits per heavy atom. The van der Waals surface area contributed by atoms with Gasteiger partial charge in [-0.15, -0.1) is 11.3 Å². The Balaban J connectivity index is 1.95. The zero-order valence-corrected chi connectivity index (χ0v) is 12.1. The number of hydrogen-bond donors (Lipinski definition) is 1. The first-order valence-corrected chi connectivity index (χ1v) is 7.63. The lowest BCUT2D eigenvalue weighted by molar-refractivity contribution is 0.0691. The summed E-state index contributed by atoms with van der Waals surface area (Å²) in [7, 11) is 0. The summed E-state index contributed by atoms with van der Waals surface area (Å²) < 4.78 is 0. The summed E-state index contributed by atoms with van der Waals surface area (Å²) in [5, 5.41) is 10.5. The molecule has 0 atom stereocenters. The first kappa shape index (κ1) is 13.8. The molecule has 108 valence electrons. The van der Waals surface area contributed by atoms with Gasteiger partial charge in [0.15, 0.2) is 10.7 Å². The molecule has 6 heteroatoms. The lowest BCUT2D eigenvalue weighted by atomic mass is 10.1. The largest absolute Gasteiger partial charge is 0.476 e. The lowest BCUT2D eigenvalue weighted by Gasteiger charge is -2.21. The van der Waals surface area contributed by atoms with Crippen LogP contribution in [0, 0.1) is 0 Å². The molecule has 0 fully saturated rings. The van der Waals surface area contributed by atoms with E-state index in [1.54, 1.807) is 4.90 Å². The highest BCUT2D eigenvalue weighted by atomic mass is 32.1. The lowest BCUT2D eigenvalue weighted by Crippen LogP contribution is -2.31. The minimum Gasteiger partial charge on any atom is -0.476 e. The van der Waals surface area contributed by atoms with Gasteiger partial charge in [-0.1, -0.05) is 18.2 Å². The van der Waals surface area contributed by atoms with Crippen LogP contribution in [0.2, 0.25) is 0 Å². The van der Waals surface area contributed by atoms with Crippen molar-refractivity contribution in [2.75, 3.05) is 11.4 Å². The second kappa shape index (κ2) is 5.65. The highest BCUT2D eigenvalue weighted by molar-refractivity contribution is 7.12. The average Bonchev–Trinajstić information content (AvgIpc) is 2.88. The molecule has 0 saturated heterocycles. The maximum Gasteiger partial charge on any atom is 0.355 e. The van der Waals surface area contributed by atoms with Gasteiger partial charge in [-0.25, -0.2) is 9.78 Å². The Kier molecular flexibility index (Phi) is 3.70. The summed E-state index contributed by atoms with van der Waals surface area (Å²) in [6.07, 6.45) is 2.93. The monoisotopic (exact) mass is 302 g/mol. The van der Waals surface area contributed by atoms with Crippen molar-refractivity contribution in [1.29, 1.82) is 0 Å². The number of amides is 1. The van der Waals surface area contributed by atoms with Crippen LogP contribution in [-0.2, 0) is 6.42 Å². The molecule has 2 heterocycles. The van der Waals surface area contributed by atoms with Crippen molar-refractivity contribution in [2.24, 2.45) is 0 Å². The minimum absolute atomic E-state index is 0.0774. The number of benzene rings is 1. The first-order chi connectivity index (χ1) is 10.2. The molecule has 0 radical (unpaired) electrons. The van der Waals surface area contributed by atoms with Gasteiger partial charge in [-0.2, -0.15) is 0 Å². The van der Waals surface area contributed by atoms with Crippen LogP contribution in [-0.4, -0.2) is 28.5 Å². The molecule has 0 spiro atoms. The van der Waals surface area contributed by atoms with E-state index in [1.165, 1.54) is 5.38 Å².